The standard InChI is InChI=1S/C6H9N3O2S2/c1-3(2-10)7-4(11)5-8-9-6(12)13-5/h3,10H,2H2,1H3,(H,7,11)(H,9,12). The largest absolute Gasteiger partial charge is 0.394 e. The summed E-state index contributed by atoms with van der Waals surface area (Å²) in [6.45, 7) is 1.60. The first-order chi connectivity index (χ1) is 6.13. The average molecular weight is 219 g/mol. The first kappa shape index (κ1) is 10.3. The van der Waals surface area contributed by atoms with E-state index in [2.05, 4.69) is 15.5 Å². The lowest BCUT2D eigenvalue weighted by molar-refractivity contribution is 0.0921. The van der Waals surface area contributed by atoms with Crippen LogP contribution in [0.15, 0.2) is 0 Å². The highest BCUT2D eigenvalue weighted by atomic mass is 32.1. The first-order valence-corrected chi connectivity index (χ1v) is 4.83. The summed E-state index contributed by atoms with van der Waals surface area (Å²) in [5.41, 5.74) is 0. The number of H-pyrrole nitrogens is 1. The quantitative estimate of drug-likeness (QED) is 0.639. The predicted molar refractivity (Wildman–Crippen MR) is 51.3 cm³/mol. The second-order valence-corrected chi connectivity index (χ2v) is 4.14. The van der Waals surface area contributed by atoms with E-state index in [1.807, 2.05) is 0 Å². The lowest BCUT2D eigenvalue weighted by atomic mass is 10.3. The molecule has 7 heteroatoms. The molecule has 1 aromatic rings. The van der Waals surface area contributed by atoms with Crippen molar-refractivity contribution in [3.8, 4) is 0 Å². The van der Waals surface area contributed by atoms with Crippen LogP contribution in [0.4, 0.5) is 0 Å². The first-order valence-electron chi connectivity index (χ1n) is 3.60. The lowest BCUT2D eigenvalue weighted by Gasteiger charge is -2.07. The van der Waals surface area contributed by atoms with Crippen LogP contribution >= 0.6 is 23.6 Å². The molecule has 0 aliphatic carbocycles. The monoisotopic (exact) mass is 219 g/mol. The number of aliphatic hydroxyl groups is 1. The number of hydrogen-bond donors (Lipinski definition) is 3. The number of nitrogens with zero attached hydrogens (tertiary/aromatic N) is 1. The van der Waals surface area contributed by atoms with E-state index in [9.17, 15) is 4.79 Å². The number of amides is 1. The molecule has 0 spiro atoms. The van der Waals surface area contributed by atoms with Gasteiger partial charge < -0.3 is 10.4 Å². The van der Waals surface area contributed by atoms with E-state index in [1.165, 1.54) is 0 Å². The number of rotatable bonds is 3. The summed E-state index contributed by atoms with van der Waals surface area (Å²) >= 11 is 5.87. The second kappa shape index (κ2) is 4.45. The van der Waals surface area contributed by atoms with E-state index >= 15 is 0 Å². The molecular formula is C6H9N3O2S2. The highest BCUT2D eigenvalue weighted by Gasteiger charge is 2.11. The zero-order valence-corrected chi connectivity index (χ0v) is 8.54. The van der Waals surface area contributed by atoms with Crippen LogP contribution in [0.1, 0.15) is 16.7 Å². The molecule has 1 rings (SSSR count). The van der Waals surface area contributed by atoms with Crippen LogP contribution in [0.5, 0.6) is 0 Å². The Balaban J connectivity index is 2.64. The minimum absolute atomic E-state index is 0.0957. The van der Waals surface area contributed by atoms with Gasteiger partial charge in [0.05, 0.1) is 6.61 Å². The van der Waals surface area contributed by atoms with Crippen LogP contribution in [-0.2, 0) is 0 Å². The highest BCUT2D eigenvalue weighted by Crippen LogP contribution is 2.04. The van der Waals surface area contributed by atoms with Gasteiger partial charge in [0.15, 0.2) is 3.95 Å². The fraction of sp³-hybridized carbons (Fsp3) is 0.500. The molecule has 0 saturated heterocycles. The molecular weight excluding hydrogens is 210 g/mol. The molecule has 13 heavy (non-hydrogen) atoms. The molecule has 0 aromatic carbocycles. The van der Waals surface area contributed by atoms with Gasteiger partial charge in [-0.1, -0.05) is 11.3 Å². The molecule has 0 saturated carbocycles. The molecule has 1 amide bonds. The molecule has 3 N–H and O–H groups in total. The Morgan fingerprint density at radius 3 is 3.08 bits per heavy atom. The fourth-order valence-corrected chi connectivity index (χ4v) is 1.45. The van der Waals surface area contributed by atoms with Gasteiger partial charge >= 0.3 is 0 Å². The zero-order valence-electron chi connectivity index (χ0n) is 6.90. The summed E-state index contributed by atoms with van der Waals surface area (Å²) in [4.78, 5) is 11.3. The van der Waals surface area contributed by atoms with Crippen molar-refractivity contribution in [2.75, 3.05) is 6.61 Å². The number of aliphatic hydroxyl groups excluding tert-OH is 1. The fourth-order valence-electron chi connectivity index (χ4n) is 0.658. The smallest absolute Gasteiger partial charge is 0.282 e. The number of aromatic nitrogens is 2. The van der Waals surface area contributed by atoms with Gasteiger partial charge in [0, 0.05) is 6.04 Å². The van der Waals surface area contributed by atoms with Gasteiger partial charge in [-0.2, -0.15) is 5.10 Å². The number of nitrogens with one attached hydrogen (secondary N) is 2. The topological polar surface area (TPSA) is 78.0 Å². The average Bonchev–Trinajstić information content (AvgIpc) is 2.51. The van der Waals surface area contributed by atoms with Crippen molar-refractivity contribution in [3.63, 3.8) is 0 Å². The van der Waals surface area contributed by atoms with Crippen LogP contribution in [0, 0.1) is 3.95 Å². The third kappa shape index (κ3) is 2.87. The van der Waals surface area contributed by atoms with Gasteiger partial charge in [-0.05, 0) is 19.1 Å². The third-order valence-electron chi connectivity index (χ3n) is 1.28. The molecule has 1 atom stereocenters. The van der Waals surface area contributed by atoms with Crippen molar-refractivity contribution in [2.24, 2.45) is 0 Å². The maximum absolute atomic E-state index is 11.3. The number of carbonyl (C=O) groups excluding carboxylic acids is 1. The Morgan fingerprint density at radius 1 is 1.92 bits per heavy atom. The third-order valence-corrected chi connectivity index (χ3v) is 2.37. The Labute approximate surface area is 83.8 Å². The second-order valence-electron chi connectivity index (χ2n) is 2.48. The molecule has 0 radical (unpaired) electrons. The summed E-state index contributed by atoms with van der Waals surface area (Å²) in [5, 5.41) is 17.7. The van der Waals surface area contributed by atoms with Gasteiger partial charge in [-0.15, -0.1) is 0 Å². The molecule has 0 aliphatic rings. The molecule has 1 unspecified atom stereocenters. The van der Waals surface area contributed by atoms with Crippen molar-refractivity contribution in [1.29, 1.82) is 0 Å². The Bertz CT molecular complexity index is 346. The number of hydrogen-bond acceptors (Lipinski definition) is 5. The van der Waals surface area contributed by atoms with Gasteiger partial charge in [-0.25, -0.2) is 0 Å². The maximum Gasteiger partial charge on any atom is 0.282 e. The molecule has 5 nitrogen and oxygen atoms in total. The summed E-state index contributed by atoms with van der Waals surface area (Å²) in [5.74, 6) is -0.320. The normalized spacial score (nSPS) is 12.5. The summed E-state index contributed by atoms with van der Waals surface area (Å²) < 4.78 is 0.460. The van der Waals surface area contributed by atoms with Crippen molar-refractivity contribution < 1.29 is 9.90 Å². The minimum atomic E-state index is -0.320. The van der Waals surface area contributed by atoms with Gasteiger partial charge in [0.1, 0.15) is 0 Å². The van der Waals surface area contributed by atoms with Gasteiger partial charge in [-0.3, -0.25) is 9.89 Å². The van der Waals surface area contributed by atoms with E-state index < -0.39 is 0 Å². The minimum Gasteiger partial charge on any atom is -0.394 e. The summed E-state index contributed by atoms with van der Waals surface area (Å²) in [6.07, 6.45) is 0. The SMILES string of the molecule is CC(CO)NC(=O)c1n[nH]c(=S)s1. The highest BCUT2D eigenvalue weighted by molar-refractivity contribution is 7.73. The zero-order chi connectivity index (χ0) is 9.84. The predicted octanol–water partition coefficient (Wildman–Crippen LogP) is 0.311. The van der Waals surface area contributed by atoms with Gasteiger partial charge in [0.2, 0.25) is 5.01 Å². The Morgan fingerprint density at radius 2 is 2.62 bits per heavy atom. The van der Waals surface area contributed by atoms with Crippen molar-refractivity contribution in [2.45, 2.75) is 13.0 Å². The molecule has 0 aliphatic heterocycles. The Hall–Kier alpha value is -0.790. The summed E-state index contributed by atoms with van der Waals surface area (Å²) in [6, 6.07) is -0.273. The van der Waals surface area contributed by atoms with E-state index in [4.69, 9.17) is 17.3 Å². The number of carbonyl (C=O) groups is 1. The van der Waals surface area contributed by atoms with Crippen molar-refractivity contribution >= 4 is 29.5 Å². The van der Waals surface area contributed by atoms with E-state index in [-0.39, 0.29) is 23.6 Å². The van der Waals surface area contributed by atoms with Crippen molar-refractivity contribution in [1.82, 2.24) is 15.5 Å². The molecule has 0 fully saturated rings. The van der Waals surface area contributed by atoms with E-state index in [1.54, 1.807) is 6.92 Å². The van der Waals surface area contributed by atoms with Crippen LogP contribution in [0.25, 0.3) is 0 Å². The van der Waals surface area contributed by atoms with Crippen LogP contribution in [-0.4, -0.2) is 33.9 Å². The van der Waals surface area contributed by atoms with E-state index in [0.717, 1.165) is 11.3 Å². The lowest BCUT2D eigenvalue weighted by Crippen LogP contribution is -2.34. The molecule has 72 valence electrons. The van der Waals surface area contributed by atoms with Crippen LogP contribution < -0.4 is 5.32 Å². The van der Waals surface area contributed by atoms with Crippen LogP contribution in [0.2, 0.25) is 0 Å². The maximum atomic E-state index is 11.3. The Kier molecular flexibility index (Phi) is 3.52. The summed E-state index contributed by atoms with van der Waals surface area (Å²) in [7, 11) is 0. The molecule has 1 heterocycles. The van der Waals surface area contributed by atoms with Gasteiger partial charge in [0.25, 0.3) is 5.91 Å². The van der Waals surface area contributed by atoms with Crippen LogP contribution in [0.3, 0.4) is 0 Å². The number of aromatic amines is 1. The molecule has 0 bridgehead atoms. The molecule has 1 aromatic heterocycles. The van der Waals surface area contributed by atoms with Crippen molar-refractivity contribution in [3.05, 3.63) is 8.96 Å². The van der Waals surface area contributed by atoms with E-state index in [0.29, 0.717) is 3.95 Å².